The Bertz CT molecular complexity index is 946. The zero-order valence-electron chi connectivity index (χ0n) is 18.4. The zero-order valence-corrected chi connectivity index (χ0v) is 18.4. The third kappa shape index (κ3) is 4.11. The molecule has 1 aromatic carbocycles. The van der Waals surface area contributed by atoms with Gasteiger partial charge in [0.05, 0.1) is 6.54 Å². The summed E-state index contributed by atoms with van der Waals surface area (Å²) < 4.78 is 8.58. The lowest BCUT2D eigenvalue weighted by Crippen LogP contribution is -2.56. The smallest absolute Gasteiger partial charge is 0.317 e. The van der Waals surface area contributed by atoms with Crippen LogP contribution in [0.1, 0.15) is 37.1 Å². The third-order valence-electron chi connectivity index (χ3n) is 6.94. The van der Waals surface area contributed by atoms with E-state index in [0.717, 1.165) is 38.2 Å². The number of benzene rings is 1. The fourth-order valence-corrected chi connectivity index (χ4v) is 5.15. The van der Waals surface area contributed by atoms with Crippen molar-refractivity contribution in [3.05, 3.63) is 54.1 Å². The largest absolute Gasteiger partial charge is 0.352 e. The van der Waals surface area contributed by atoms with Gasteiger partial charge in [-0.15, -0.1) is 0 Å². The number of likely N-dealkylation sites (tertiary alicyclic amines) is 2. The molecule has 32 heavy (non-hydrogen) atoms. The number of carbonyl (C=O) groups excluding carboxylic acids is 2. The third-order valence-corrected chi connectivity index (χ3v) is 6.94. The SMILES string of the molecule is O=C(NCCc1ccccc1)N1CCC2(CC1)OC(C(=O)N1CCCC1)Cn1ccnc12. The molecule has 3 aliphatic heterocycles. The summed E-state index contributed by atoms with van der Waals surface area (Å²) in [7, 11) is 0. The van der Waals surface area contributed by atoms with Crippen LogP contribution in [0, 0.1) is 0 Å². The molecular formula is C24H31N5O3. The summed E-state index contributed by atoms with van der Waals surface area (Å²) in [6.45, 7) is 3.91. The lowest BCUT2D eigenvalue weighted by Gasteiger charge is -2.45. The van der Waals surface area contributed by atoms with E-state index in [-0.39, 0.29) is 11.9 Å². The average molecular weight is 438 g/mol. The molecule has 3 amide bonds. The van der Waals surface area contributed by atoms with E-state index in [9.17, 15) is 9.59 Å². The molecule has 2 fully saturated rings. The van der Waals surface area contributed by atoms with Gasteiger partial charge in [0.2, 0.25) is 0 Å². The van der Waals surface area contributed by atoms with Crippen LogP contribution >= 0.6 is 0 Å². The average Bonchev–Trinajstić information content (AvgIpc) is 3.52. The number of nitrogens with one attached hydrogen (secondary N) is 1. The molecule has 0 bridgehead atoms. The first-order valence-corrected chi connectivity index (χ1v) is 11.7. The summed E-state index contributed by atoms with van der Waals surface area (Å²) >= 11 is 0. The highest BCUT2D eigenvalue weighted by molar-refractivity contribution is 5.81. The minimum absolute atomic E-state index is 0.0420. The van der Waals surface area contributed by atoms with E-state index in [1.54, 1.807) is 6.20 Å². The molecule has 4 heterocycles. The molecule has 2 aromatic rings. The Morgan fingerprint density at radius 2 is 1.81 bits per heavy atom. The van der Waals surface area contributed by atoms with Crippen molar-refractivity contribution in [2.75, 3.05) is 32.7 Å². The summed E-state index contributed by atoms with van der Waals surface area (Å²) in [5.41, 5.74) is 0.601. The number of hydrogen-bond acceptors (Lipinski definition) is 4. The first-order valence-electron chi connectivity index (χ1n) is 11.7. The lowest BCUT2D eigenvalue weighted by atomic mass is 9.88. The number of piperidine rings is 1. The van der Waals surface area contributed by atoms with Crippen LogP contribution in [0.2, 0.25) is 0 Å². The predicted octanol–water partition coefficient (Wildman–Crippen LogP) is 2.15. The minimum atomic E-state index is -0.609. The van der Waals surface area contributed by atoms with Crippen molar-refractivity contribution in [2.45, 2.75) is 50.4 Å². The summed E-state index contributed by atoms with van der Waals surface area (Å²) in [5.74, 6) is 0.967. The van der Waals surface area contributed by atoms with Gasteiger partial charge >= 0.3 is 6.03 Å². The number of aromatic nitrogens is 2. The summed E-state index contributed by atoms with van der Waals surface area (Å²) in [6, 6.07) is 10.1. The number of ether oxygens (including phenoxy) is 1. The van der Waals surface area contributed by atoms with Gasteiger partial charge in [-0.2, -0.15) is 0 Å². The summed E-state index contributed by atoms with van der Waals surface area (Å²) in [4.78, 5) is 34.1. The monoisotopic (exact) mass is 437 g/mol. The molecule has 3 aliphatic rings. The second-order valence-corrected chi connectivity index (χ2v) is 8.99. The van der Waals surface area contributed by atoms with Gasteiger partial charge in [0.15, 0.2) is 6.10 Å². The van der Waals surface area contributed by atoms with Gasteiger partial charge in [-0.1, -0.05) is 30.3 Å². The van der Waals surface area contributed by atoms with E-state index < -0.39 is 11.7 Å². The Labute approximate surface area is 188 Å². The Morgan fingerprint density at radius 3 is 2.56 bits per heavy atom. The molecule has 1 N–H and O–H groups in total. The molecule has 2 saturated heterocycles. The molecule has 170 valence electrons. The Kier molecular flexibility index (Phi) is 5.87. The van der Waals surface area contributed by atoms with Gasteiger partial charge in [-0.05, 0) is 24.8 Å². The van der Waals surface area contributed by atoms with Crippen molar-refractivity contribution < 1.29 is 14.3 Å². The fourth-order valence-electron chi connectivity index (χ4n) is 5.15. The minimum Gasteiger partial charge on any atom is -0.352 e. The number of nitrogens with zero attached hydrogens (tertiary/aromatic N) is 4. The van der Waals surface area contributed by atoms with E-state index in [2.05, 4.69) is 27.0 Å². The Balaban J connectivity index is 1.20. The van der Waals surface area contributed by atoms with E-state index in [1.165, 1.54) is 5.56 Å². The molecule has 0 radical (unpaired) electrons. The number of hydrogen-bond donors (Lipinski definition) is 1. The number of urea groups is 1. The van der Waals surface area contributed by atoms with Crippen LogP contribution in [0.4, 0.5) is 4.79 Å². The van der Waals surface area contributed by atoms with Gasteiger partial charge in [0.1, 0.15) is 11.4 Å². The molecule has 0 saturated carbocycles. The van der Waals surface area contributed by atoms with E-state index in [1.807, 2.05) is 34.2 Å². The molecule has 8 heteroatoms. The van der Waals surface area contributed by atoms with E-state index in [0.29, 0.717) is 39.0 Å². The van der Waals surface area contributed by atoms with Gasteiger partial charge < -0.3 is 24.4 Å². The van der Waals surface area contributed by atoms with Gasteiger partial charge in [-0.25, -0.2) is 9.78 Å². The highest BCUT2D eigenvalue weighted by atomic mass is 16.5. The molecule has 1 spiro atoms. The second kappa shape index (κ2) is 8.94. The highest BCUT2D eigenvalue weighted by Gasteiger charge is 2.48. The van der Waals surface area contributed by atoms with Crippen molar-refractivity contribution in [3.63, 3.8) is 0 Å². The molecule has 1 aromatic heterocycles. The van der Waals surface area contributed by atoms with Crippen LogP contribution in [0.3, 0.4) is 0 Å². The van der Waals surface area contributed by atoms with Crippen LogP contribution in [-0.4, -0.2) is 70.1 Å². The molecule has 1 unspecified atom stereocenters. The molecule has 8 nitrogen and oxygen atoms in total. The topological polar surface area (TPSA) is 79.7 Å². The van der Waals surface area contributed by atoms with Crippen molar-refractivity contribution in [1.82, 2.24) is 24.7 Å². The highest BCUT2D eigenvalue weighted by Crippen LogP contribution is 2.40. The van der Waals surface area contributed by atoms with Crippen molar-refractivity contribution in [3.8, 4) is 0 Å². The summed E-state index contributed by atoms with van der Waals surface area (Å²) in [6.07, 6.45) is 7.45. The first kappa shape index (κ1) is 21.0. The standard InChI is InChI=1S/C24H31N5O3/c30-21(27-13-4-5-14-27)20-18-29-17-12-25-22(29)24(32-20)9-15-28(16-10-24)23(31)26-11-8-19-6-2-1-3-7-19/h1-3,6-7,12,17,20H,4-5,8-11,13-16,18H2,(H,26,31). The van der Waals surface area contributed by atoms with Gasteiger partial charge in [0.25, 0.3) is 5.91 Å². The number of rotatable bonds is 4. The first-order chi connectivity index (χ1) is 15.6. The Morgan fingerprint density at radius 1 is 1.06 bits per heavy atom. The molecule has 1 atom stereocenters. The van der Waals surface area contributed by atoms with E-state index in [4.69, 9.17) is 4.74 Å². The molecule has 5 rings (SSSR count). The molecule has 0 aliphatic carbocycles. The number of fused-ring (bicyclic) bond motifs is 2. The van der Waals surface area contributed by atoms with Gasteiger partial charge in [-0.3, -0.25) is 4.79 Å². The van der Waals surface area contributed by atoms with Crippen LogP contribution in [0.15, 0.2) is 42.7 Å². The zero-order chi connectivity index (χ0) is 22.0. The number of imidazole rings is 1. The van der Waals surface area contributed by atoms with Crippen LogP contribution in [-0.2, 0) is 28.1 Å². The number of amides is 3. The quantitative estimate of drug-likeness (QED) is 0.795. The Hall–Kier alpha value is -2.87. The van der Waals surface area contributed by atoms with Crippen LogP contribution in [0.25, 0.3) is 0 Å². The van der Waals surface area contributed by atoms with Crippen LogP contribution < -0.4 is 5.32 Å². The fraction of sp³-hybridized carbons (Fsp3) is 0.542. The van der Waals surface area contributed by atoms with E-state index >= 15 is 0 Å². The molecular weight excluding hydrogens is 406 g/mol. The van der Waals surface area contributed by atoms with Gasteiger partial charge in [0, 0.05) is 58.0 Å². The second-order valence-electron chi connectivity index (χ2n) is 8.99. The number of carbonyl (C=O) groups is 2. The van der Waals surface area contributed by atoms with Crippen molar-refractivity contribution in [2.24, 2.45) is 0 Å². The maximum absolute atomic E-state index is 13.1. The van der Waals surface area contributed by atoms with Crippen molar-refractivity contribution >= 4 is 11.9 Å². The van der Waals surface area contributed by atoms with Crippen LogP contribution in [0.5, 0.6) is 0 Å². The maximum atomic E-state index is 13.1. The lowest BCUT2D eigenvalue weighted by molar-refractivity contribution is -0.179. The predicted molar refractivity (Wildman–Crippen MR) is 119 cm³/mol. The summed E-state index contributed by atoms with van der Waals surface area (Å²) in [5, 5.41) is 3.04. The maximum Gasteiger partial charge on any atom is 0.317 e. The van der Waals surface area contributed by atoms with Crippen molar-refractivity contribution in [1.29, 1.82) is 0 Å². The normalized spacial score (nSPS) is 22.1.